The Morgan fingerprint density at radius 2 is 1.81 bits per heavy atom. The SMILES string of the molecule is C[C@@]1(c2cccc3ccccc23)NC(=O)N([C@@H]2CS(=O)(=O)C[C@@H]2O)C1=O. The van der Waals surface area contributed by atoms with Gasteiger partial charge in [-0.05, 0) is 23.3 Å². The van der Waals surface area contributed by atoms with Crippen LogP contribution in [-0.4, -0.2) is 54.0 Å². The molecule has 0 unspecified atom stereocenters. The molecule has 26 heavy (non-hydrogen) atoms. The van der Waals surface area contributed by atoms with Crippen LogP contribution < -0.4 is 5.32 Å². The van der Waals surface area contributed by atoms with Crippen molar-refractivity contribution in [3.63, 3.8) is 0 Å². The van der Waals surface area contributed by atoms with Crippen molar-refractivity contribution >= 4 is 32.5 Å². The highest BCUT2D eigenvalue weighted by Gasteiger charge is 2.55. The Kier molecular flexibility index (Phi) is 3.61. The normalized spacial score (nSPS) is 30.8. The smallest absolute Gasteiger partial charge is 0.325 e. The molecule has 2 aromatic carbocycles. The van der Waals surface area contributed by atoms with Gasteiger partial charge in [0.05, 0.1) is 23.7 Å². The standard InChI is InChI=1S/C18H18N2O5S/c1-18(13-8-4-6-11-5-2-3-7-12(11)13)16(22)20(17(23)19-18)14-9-26(24,25)10-15(14)21/h2-8,14-15,21H,9-10H2,1H3,(H,19,23)/t14-,15+,18+/m1/s1. The highest BCUT2D eigenvalue weighted by molar-refractivity contribution is 7.91. The molecule has 2 aliphatic heterocycles. The molecule has 7 nitrogen and oxygen atoms in total. The molecule has 2 N–H and O–H groups in total. The van der Waals surface area contributed by atoms with Gasteiger partial charge in [0, 0.05) is 0 Å². The van der Waals surface area contributed by atoms with Crippen LogP contribution in [0.3, 0.4) is 0 Å². The number of aliphatic hydroxyl groups is 1. The van der Waals surface area contributed by atoms with Crippen LogP contribution in [0.15, 0.2) is 42.5 Å². The average Bonchev–Trinajstić information content (AvgIpc) is 2.98. The number of benzene rings is 2. The third-order valence-corrected chi connectivity index (χ3v) is 6.87. The molecule has 0 bridgehead atoms. The molecule has 8 heteroatoms. The number of sulfone groups is 1. The monoisotopic (exact) mass is 374 g/mol. The van der Waals surface area contributed by atoms with Crippen molar-refractivity contribution in [3.05, 3.63) is 48.0 Å². The second-order valence-electron chi connectivity index (χ2n) is 6.97. The number of hydrogen-bond acceptors (Lipinski definition) is 5. The third kappa shape index (κ3) is 2.40. The molecule has 3 atom stereocenters. The topological polar surface area (TPSA) is 104 Å². The Morgan fingerprint density at radius 3 is 2.50 bits per heavy atom. The minimum absolute atomic E-state index is 0.418. The van der Waals surface area contributed by atoms with Crippen LogP contribution in [0.5, 0.6) is 0 Å². The van der Waals surface area contributed by atoms with Gasteiger partial charge in [-0.1, -0.05) is 42.5 Å². The van der Waals surface area contributed by atoms with E-state index in [4.69, 9.17) is 0 Å². The number of rotatable bonds is 2. The molecule has 2 saturated heterocycles. The number of fused-ring (bicyclic) bond motifs is 1. The van der Waals surface area contributed by atoms with Gasteiger partial charge in [-0.15, -0.1) is 0 Å². The number of imide groups is 1. The molecule has 0 radical (unpaired) electrons. The zero-order chi connectivity index (χ0) is 18.7. The van der Waals surface area contributed by atoms with Gasteiger partial charge in [-0.25, -0.2) is 13.2 Å². The van der Waals surface area contributed by atoms with Crippen molar-refractivity contribution in [1.82, 2.24) is 10.2 Å². The molecule has 136 valence electrons. The first-order chi connectivity index (χ1) is 12.2. The van der Waals surface area contributed by atoms with Crippen LogP contribution in [0.2, 0.25) is 0 Å². The summed E-state index contributed by atoms with van der Waals surface area (Å²) >= 11 is 0. The van der Waals surface area contributed by atoms with Crippen molar-refractivity contribution in [2.45, 2.75) is 24.6 Å². The summed E-state index contributed by atoms with van der Waals surface area (Å²) in [4.78, 5) is 26.6. The summed E-state index contributed by atoms with van der Waals surface area (Å²) in [5.41, 5.74) is -0.698. The van der Waals surface area contributed by atoms with Crippen molar-refractivity contribution in [1.29, 1.82) is 0 Å². The summed E-state index contributed by atoms with van der Waals surface area (Å²) in [7, 11) is -3.49. The van der Waals surface area contributed by atoms with Crippen molar-refractivity contribution < 1.29 is 23.1 Å². The molecule has 2 heterocycles. The molecule has 3 amide bonds. The van der Waals surface area contributed by atoms with Crippen molar-refractivity contribution in [2.24, 2.45) is 0 Å². The second kappa shape index (κ2) is 5.52. The van der Waals surface area contributed by atoms with E-state index in [-0.39, 0.29) is 0 Å². The Balaban J connectivity index is 1.79. The average molecular weight is 374 g/mol. The molecule has 0 saturated carbocycles. The first-order valence-corrected chi connectivity index (χ1v) is 10.1. The maximum Gasteiger partial charge on any atom is 0.325 e. The lowest BCUT2D eigenvalue weighted by atomic mass is 9.87. The Morgan fingerprint density at radius 1 is 1.12 bits per heavy atom. The number of urea groups is 1. The fraction of sp³-hybridized carbons (Fsp3) is 0.333. The van der Waals surface area contributed by atoms with Gasteiger partial charge >= 0.3 is 6.03 Å². The molecule has 2 aliphatic rings. The molecule has 0 aromatic heterocycles. The van der Waals surface area contributed by atoms with Gasteiger partial charge in [0.25, 0.3) is 5.91 Å². The van der Waals surface area contributed by atoms with E-state index < -0.39 is 51.0 Å². The summed E-state index contributed by atoms with van der Waals surface area (Å²) in [5, 5.41) is 14.5. The summed E-state index contributed by atoms with van der Waals surface area (Å²) in [6.07, 6.45) is -1.27. The summed E-state index contributed by atoms with van der Waals surface area (Å²) in [6, 6.07) is 11.2. The van der Waals surface area contributed by atoms with E-state index in [1.54, 1.807) is 19.1 Å². The molecular weight excluding hydrogens is 356 g/mol. The van der Waals surface area contributed by atoms with Gasteiger partial charge in [-0.2, -0.15) is 0 Å². The lowest BCUT2D eigenvalue weighted by Gasteiger charge is -2.26. The summed E-state index contributed by atoms with van der Waals surface area (Å²) < 4.78 is 23.6. The van der Waals surface area contributed by atoms with Crippen LogP contribution in [0.1, 0.15) is 12.5 Å². The molecule has 0 spiro atoms. The van der Waals surface area contributed by atoms with Crippen molar-refractivity contribution in [3.8, 4) is 0 Å². The number of carbonyl (C=O) groups excluding carboxylic acids is 2. The molecule has 4 rings (SSSR count). The fourth-order valence-electron chi connectivity index (χ4n) is 3.86. The molecule has 0 aliphatic carbocycles. The number of amides is 3. The van der Waals surface area contributed by atoms with Crippen LogP contribution in [0.4, 0.5) is 4.79 Å². The zero-order valence-electron chi connectivity index (χ0n) is 14.0. The van der Waals surface area contributed by atoms with Crippen LogP contribution in [0.25, 0.3) is 10.8 Å². The van der Waals surface area contributed by atoms with Crippen LogP contribution in [0, 0.1) is 0 Å². The molecular formula is C18H18N2O5S. The minimum Gasteiger partial charge on any atom is -0.390 e. The number of nitrogens with zero attached hydrogens (tertiary/aromatic N) is 1. The molecule has 2 fully saturated rings. The van der Waals surface area contributed by atoms with Gasteiger partial charge in [0.2, 0.25) is 0 Å². The van der Waals surface area contributed by atoms with Gasteiger partial charge < -0.3 is 10.4 Å². The Hall–Kier alpha value is -2.45. The van der Waals surface area contributed by atoms with Crippen LogP contribution in [-0.2, 0) is 20.2 Å². The quantitative estimate of drug-likeness (QED) is 0.756. The lowest BCUT2D eigenvalue weighted by Crippen LogP contribution is -2.48. The second-order valence-corrected chi connectivity index (χ2v) is 9.12. The third-order valence-electron chi connectivity index (χ3n) is 5.18. The Labute approximate surface area is 150 Å². The minimum atomic E-state index is -3.49. The summed E-state index contributed by atoms with van der Waals surface area (Å²) in [5.74, 6) is -1.42. The lowest BCUT2D eigenvalue weighted by molar-refractivity contribution is -0.133. The first-order valence-electron chi connectivity index (χ1n) is 8.25. The largest absolute Gasteiger partial charge is 0.390 e. The maximum absolute atomic E-state index is 13.2. The predicted molar refractivity (Wildman–Crippen MR) is 95.1 cm³/mol. The highest BCUT2D eigenvalue weighted by atomic mass is 32.2. The predicted octanol–water partition coefficient (Wildman–Crippen LogP) is 0.765. The van der Waals surface area contributed by atoms with Gasteiger partial charge in [0.15, 0.2) is 9.84 Å². The van der Waals surface area contributed by atoms with E-state index in [1.165, 1.54) is 0 Å². The van der Waals surface area contributed by atoms with Gasteiger partial charge in [-0.3, -0.25) is 9.69 Å². The van der Waals surface area contributed by atoms with Crippen molar-refractivity contribution in [2.75, 3.05) is 11.5 Å². The van der Waals surface area contributed by atoms with E-state index >= 15 is 0 Å². The Bertz CT molecular complexity index is 1030. The van der Waals surface area contributed by atoms with E-state index in [2.05, 4.69) is 5.32 Å². The van der Waals surface area contributed by atoms with Crippen LogP contribution >= 0.6 is 0 Å². The molecule has 2 aromatic rings. The maximum atomic E-state index is 13.2. The van der Waals surface area contributed by atoms with E-state index in [1.807, 2.05) is 30.3 Å². The number of carbonyl (C=O) groups is 2. The first kappa shape index (κ1) is 17.0. The van der Waals surface area contributed by atoms with E-state index in [0.717, 1.165) is 15.7 Å². The number of nitrogens with one attached hydrogen (secondary N) is 1. The number of aliphatic hydroxyl groups excluding tert-OH is 1. The van der Waals surface area contributed by atoms with E-state index in [9.17, 15) is 23.1 Å². The zero-order valence-corrected chi connectivity index (χ0v) is 14.9. The fourth-order valence-corrected chi connectivity index (χ4v) is 5.63. The summed E-state index contributed by atoms with van der Waals surface area (Å²) in [6.45, 7) is 1.60. The highest BCUT2D eigenvalue weighted by Crippen LogP contribution is 2.36. The number of hydrogen-bond donors (Lipinski definition) is 2. The van der Waals surface area contributed by atoms with E-state index in [0.29, 0.717) is 5.56 Å². The van der Waals surface area contributed by atoms with Gasteiger partial charge in [0.1, 0.15) is 5.54 Å².